The number of hydrogen-bond acceptors (Lipinski definition) is 0. The first-order chi connectivity index (χ1) is 5.02. The van der Waals surface area contributed by atoms with Gasteiger partial charge in [-0.1, -0.05) is 38.1 Å². The van der Waals surface area contributed by atoms with Gasteiger partial charge < -0.3 is 0 Å². The summed E-state index contributed by atoms with van der Waals surface area (Å²) in [5.41, 5.74) is 2.49. The Morgan fingerprint density at radius 1 is 1.18 bits per heavy atom. The third-order valence-corrected chi connectivity index (χ3v) is 1.84. The molecular formula is C10H13B. The van der Waals surface area contributed by atoms with E-state index in [9.17, 15) is 0 Å². The molecule has 0 nitrogen and oxygen atoms in total. The Hall–Kier alpha value is -0.715. The van der Waals surface area contributed by atoms with Gasteiger partial charge in [-0.2, -0.15) is 0 Å². The standard InChI is InChI=1S/C10H13B/c1-8-6-4-5-7-9(8)10(2,3)11/h4-7H,1-3H3. The highest BCUT2D eigenvalue weighted by atomic mass is 14.1. The van der Waals surface area contributed by atoms with Crippen LogP contribution in [0, 0.1) is 6.92 Å². The lowest BCUT2D eigenvalue weighted by atomic mass is 9.66. The van der Waals surface area contributed by atoms with E-state index < -0.39 is 0 Å². The number of aryl methyl sites for hydroxylation is 1. The number of benzene rings is 1. The summed E-state index contributed by atoms with van der Waals surface area (Å²) in [6, 6.07) is 8.22. The molecule has 0 saturated carbocycles. The lowest BCUT2D eigenvalue weighted by Crippen LogP contribution is -2.17. The fourth-order valence-electron chi connectivity index (χ4n) is 1.30. The molecule has 0 spiro atoms. The Balaban J connectivity index is 3.14. The lowest BCUT2D eigenvalue weighted by molar-refractivity contribution is 0.757. The van der Waals surface area contributed by atoms with Crippen molar-refractivity contribution in [1.82, 2.24) is 0 Å². The molecule has 0 heterocycles. The van der Waals surface area contributed by atoms with Gasteiger partial charge in [0.05, 0.1) is 7.85 Å². The van der Waals surface area contributed by atoms with Crippen LogP contribution in [0.1, 0.15) is 25.0 Å². The molecule has 11 heavy (non-hydrogen) atoms. The van der Waals surface area contributed by atoms with Crippen molar-refractivity contribution in [3.63, 3.8) is 0 Å². The average Bonchev–Trinajstić information content (AvgIpc) is 1.86. The molecule has 0 atom stereocenters. The molecule has 1 rings (SSSR count). The molecule has 0 unspecified atom stereocenters. The molecule has 0 aromatic heterocycles. The molecule has 0 amide bonds. The van der Waals surface area contributed by atoms with Crippen molar-refractivity contribution in [2.45, 2.75) is 26.1 Å². The molecule has 1 aromatic carbocycles. The Morgan fingerprint density at radius 3 is 2.09 bits per heavy atom. The molecule has 0 aliphatic rings. The van der Waals surface area contributed by atoms with E-state index in [-0.39, 0.29) is 5.31 Å². The van der Waals surface area contributed by atoms with Gasteiger partial charge in [-0.15, -0.1) is 0 Å². The van der Waals surface area contributed by atoms with Crippen LogP contribution in [0.2, 0.25) is 0 Å². The van der Waals surface area contributed by atoms with Crippen LogP contribution in [0.4, 0.5) is 0 Å². The summed E-state index contributed by atoms with van der Waals surface area (Å²) in [6.07, 6.45) is 0. The lowest BCUT2D eigenvalue weighted by Gasteiger charge is -2.21. The SMILES string of the molecule is [B]C(C)(C)c1ccccc1C. The van der Waals surface area contributed by atoms with Crippen molar-refractivity contribution in [2.75, 3.05) is 0 Å². The van der Waals surface area contributed by atoms with Gasteiger partial charge in [-0.05, 0) is 23.4 Å². The molecule has 56 valence electrons. The topological polar surface area (TPSA) is 0 Å². The molecule has 1 aromatic rings. The predicted octanol–water partition coefficient (Wildman–Crippen LogP) is 2.40. The average molecular weight is 144 g/mol. The zero-order valence-corrected chi connectivity index (χ0v) is 7.39. The van der Waals surface area contributed by atoms with Crippen LogP contribution >= 0.6 is 0 Å². The first kappa shape index (κ1) is 8.38. The monoisotopic (exact) mass is 144 g/mol. The first-order valence-electron chi connectivity index (χ1n) is 3.87. The van der Waals surface area contributed by atoms with Crippen LogP contribution in [0.15, 0.2) is 24.3 Å². The van der Waals surface area contributed by atoms with Crippen molar-refractivity contribution in [3.05, 3.63) is 35.4 Å². The summed E-state index contributed by atoms with van der Waals surface area (Å²) in [6.45, 7) is 6.13. The van der Waals surface area contributed by atoms with E-state index in [4.69, 9.17) is 7.85 Å². The van der Waals surface area contributed by atoms with Gasteiger partial charge in [0.15, 0.2) is 0 Å². The van der Waals surface area contributed by atoms with E-state index in [0.29, 0.717) is 0 Å². The number of rotatable bonds is 1. The van der Waals surface area contributed by atoms with Crippen molar-refractivity contribution in [1.29, 1.82) is 0 Å². The van der Waals surface area contributed by atoms with Gasteiger partial charge in [0, 0.05) is 0 Å². The van der Waals surface area contributed by atoms with Crippen molar-refractivity contribution in [3.8, 4) is 0 Å². The maximum Gasteiger partial charge on any atom is 0.0803 e. The zero-order valence-electron chi connectivity index (χ0n) is 7.39. The van der Waals surface area contributed by atoms with E-state index >= 15 is 0 Å². The number of hydrogen-bond donors (Lipinski definition) is 0. The molecule has 0 bridgehead atoms. The van der Waals surface area contributed by atoms with Crippen LogP contribution in [0.5, 0.6) is 0 Å². The van der Waals surface area contributed by atoms with Crippen LogP contribution in [-0.2, 0) is 5.31 Å². The minimum absolute atomic E-state index is 0.217. The Morgan fingerprint density at radius 2 is 1.73 bits per heavy atom. The van der Waals surface area contributed by atoms with Gasteiger partial charge in [0.2, 0.25) is 0 Å². The summed E-state index contributed by atoms with van der Waals surface area (Å²) in [7, 11) is 5.96. The highest BCUT2D eigenvalue weighted by Crippen LogP contribution is 2.21. The predicted molar refractivity (Wildman–Crippen MR) is 50.0 cm³/mol. The summed E-state index contributed by atoms with van der Waals surface area (Å²) in [4.78, 5) is 0. The van der Waals surface area contributed by atoms with Gasteiger partial charge in [0.25, 0.3) is 0 Å². The van der Waals surface area contributed by atoms with E-state index in [1.807, 2.05) is 26.0 Å². The summed E-state index contributed by atoms with van der Waals surface area (Å²) >= 11 is 0. The minimum Gasteiger partial charge on any atom is -0.0639 e. The second kappa shape index (κ2) is 2.73. The molecule has 0 saturated heterocycles. The van der Waals surface area contributed by atoms with Gasteiger partial charge in [-0.3, -0.25) is 0 Å². The highest BCUT2D eigenvalue weighted by Gasteiger charge is 2.13. The normalized spacial score (nSPS) is 11.5. The third-order valence-electron chi connectivity index (χ3n) is 1.84. The van der Waals surface area contributed by atoms with Crippen LogP contribution < -0.4 is 0 Å². The first-order valence-corrected chi connectivity index (χ1v) is 3.87. The highest BCUT2D eigenvalue weighted by molar-refractivity contribution is 6.15. The fraction of sp³-hybridized carbons (Fsp3) is 0.400. The van der Waals surface area contributed by atoms with Crippen LogP contribution in [-0.4, -0.2) is 7.85 Å². The third kappa shape index (κ3) is 1.86. The van der Waals surface area contributed by atoms with Crippen molar-refractivity contribution >= 4 is 7.85 Å². The quantitative estimate of drug-likeness (QED) is 0.531. The van der Waals surface area contributed by atoms with E-state index in [1.165, 1.54) is 11.1 Å². The second-order valence-electron chi connectivity index (χ2n) is 3.54. The van der Waals surface area contributed by atoms with Crippen LogP contribution in [0.3, 0.4) is 0 Å². The summed E-state index contributed by atoms with van der Waals surface area (Å²) < 4.78 is 0. The smallest absolute Gasteiger partial charge is 0.0639 e. The summed E-state index contributed by atoms with van der Waals surface area (Å²) in [5, 5.41) is -0.217. The maximum atomic E-state index is 5.96. The van der Waals surface area contributed by atoms with Gasteiger partial charge in [-0.25, -0.2) is 0 Å². The largest absolute Gasteiger partial charge is 0.0803 e. The van der Waals surface area contributed by atoms with Crippen molar-refractivity contribution < 1.29 is 0 Å². The van der Waals surface area contributed by atoms with Gasteiger partial charge in [0.1, 0.15) is 0 Å². The Labute approximate surface area is 70.0 Å². The van der Waals surface area contributed by atoms with Crippen molar-refractivity contribution in [2.24, 2.45) is 0 Å². The maximum absolute atomic E-state index is 5.96. The zero-order chi connectivity index (χ0) is 8.48. The Kier molecular flexibility index (Phi) is 2.08. The fourth-order valence-corrected chi connectivity index (χ4v) is 1.30. The molecule has 0 aliphatic carbocycles. The minimum atomic E-state index is -0.217. The molecule has 1 heteroatoms. The van der Waals surface area contributed by atoms with Gasteiger partial charge >= 0.3 is 0 Å². The molecule has 0 N–H and O–H groups in total. The molecule has 0 aliphatic heterocycles. The Bertz CT molecular complexity index is 245. The van der Waals surface area contributed by atoms with Crippen LogP contribution in [0.25, 0.3) is 0 Å². The van der Waals surface area contributed by atoms with E-state index in [2.05, 4.69) is 19.1 Å². The molecular weight excluding hydrogens is 131 g/mol. The van der Waals surface area contributed by atoms with E-state index in [1.54, 1.807) is 0 Å². The second-order valence-corrected chi connectivity index (χ2v) is 3.54. The molecule has 2 radical (unpaired) electrons. The molecule has 0 fully saturated rings. The van der Waals surface area contributed by atoms with E-state index in [0.717, 1.165) is 0 Å². The summed E-state index contributed by atoms with van der Waals surface area (Å²) in [5.74, 6) is 0.